The first kappa shape index (κ1) is 21.8. The van der Waals surface area contributed by atoms with Crippen molar-refractivity contribution in [3.63, 3.8) is 0 Å². The molecular weight excluding hydrogens is 572 g/mol. The van der Waals surface area contributed by atoms with Gasteiger partial charge >= 0.3 is 0 Å². The van der Waals surface area contributed by atoms with Crippen LogP contribution in [0.1, 0.15) is 11.3 Å². The zero-order valence-corrected chi connectivity index (χ0v) is 21.0. The van der Waals surface area contributed by atoms with Crippen molar-refractivity contribution in [3.05, 3.63) is 78.7 Å². The van der Waals surface area contributed by atoms with Gasteiger partial charge in [0.25, 0.3) is 5.91 Å². The Kier molecular flexibility index (Phi) is 6.79. The Morgan fingerprint density at radius 3 is 2.67 bits per heavy atom. The summed E-state index contributed by atoms with van der Waals surface area (Å²) in [4.78, 5) is 18.5. The number of carbonyl (C=O) groups is 1. The van der Waals surface area contributed by atoms with Crippen molar-refractivity contribution < 1.29 is 9.21 Å². The average molecular weight is 585 g/mol. The summed E-state index contributed by atoms with van der Waals surface area (Å²) in [5.41, 5.74) is 1.83. The molecule has 0 atom stereocenters. The minimum Gasteiger partial charge on any atom is -0.449 e. The molecular formula is C21H13Br2ClN2O2S2. The number of nitrogens with zero attached hydrogens (tertiary/aromatic N) is 1. The third kappa shape index (κ3) is 5.23. The first-order valence-electron chi connectivity index (χ1n) is 8.66. The molecule has 1 amide bonds. The summed E-state index contributed by atoms with van der Waals surface area (Å²) in [6.45, 7) is 1.97. The molecule has 0 bridgehead atoms. The minimum atomic E-state index is -0.201. The number of nitrogens with one attached hydrogen (secondary N) is 1. The second-order valence-corrected chi connectivity index (χ2v) is 10.5. The number of aliphatic imine (C=N–C) groups is 1. The zero-order valence-electron chi connectivity index (χ0n) is 15.4. The summed E-state index contributed by atoms with van der Waals surface area (Å²) in [5, 5.41) is 4.73. The minimum absolute atomic E-state index is 0.201. The molecule has 0 radical (unpaired) electrons. The van der Waals surface area contributed by atoms with E-state index in [1.54, 1.807) is 6.08 Å². The van der Waals surface area contributed by atoms with Gasteiger partial charge in [-0.15, -0.1) is 0 Å². The van der Waals surface area contributed by atoms with Gasteiger partial charge in [0, 0.05) is 20.5 Å². The van der Waals surface area contributed by atoms with Crippen molar-refractivity contribution in [1.82, 2.24) is 5.32 Å². The second-order valence-electron chi connectivity index (χ2n) is 6.25. The van der Waals surface area contributed by atoms with Crippen molar-refractivity contribution in [3.8, 4) is 0 Å². The number of hydrogen-bond acceptors (Lipinski definition) is 5. The predicted molar refractivity (Wildman–Crippen MR) is 132 cm³/mol. The maximum Gasteiger partial charge on any atom is 0.264 e. The third-order valence-electron chi connectivity index (χ3n) is 4.00. The topological polar surface area (TPSA) is 54.6 Å². The normalized spacial score (nSPS) is 16.5. The molecule has 4 rings (SSSR count). The molecule has 0 saturated carbocycles. The van der Waals surface area contributed by atoms with Crippen LogP contribution in [-0.4, -0.2) is 11.1 Å². The maximum absolute atomic E-state index is 12.4. The van der Waals surface area contributed by atoms with Gasteiger partial charge in [-0.1, -0.05) is 39.3 Å². The van der Waals surface area contributed by atoms with Gasteiger partial charge in [0.15, 0.2) is 10.3 Å². The Morgan fingerprint density at radius 1 is 1.17 bits per heavy atom. The first-order chi connectivity index (χ1) is 14.4. The molecule has 1 aliphatic heterocycles. The van der Waals surface area contributed by atoms with E-state index in [1.165, 1.54) is 23.5 Å². The van der Waals surface area contributed by atoms with Gasteiger partial charge in [0.1, 0.15) is 5.76 Å². The summed E-state index contributed by atoms with van der Waals surface area (Å²) in [5.74, 6) is 0.380. The van der Waals surface area contributed by atoms with E-state index >= 15 is 0 Å². The number of aryl methyl sites for hydroxylation is 1. The molecule has 30 heavy (non-hydrogen) atoms. The molecule has 1 saturated heterocycles. The molecule has 9 heteroatoms. The largest absolute Gasteiger partial charge is 0.449 e. The third-order valence-corrected chi connectivity index (χ3v) is 7.51. The monoisotopic (exact) mass is 582 g/mol. The Hall–Kier alpha value is -1.45. The van der Waals surface area contributed by atoms with Crippen LogP contribution in [0.15, 0.2) is 81.8 Å². The van der Waals surface area contributed by atoms with Gasteiger partial charge < -0.3 is 9.73 Å². The number of thioether (sulfide) groups is 1. The Balaban J connectivity index is 1.53. The fourth-order valence-corrected chi connectivity index (χ4v) is 5.33. The quantitative estimate of drug-likeness (QED) is 0.318. The highest BCUT2D eigenvalue weighted by atomic mass is 79.9. The van der Waals surface area contributed by atoms with Crippen LogP contribution in [0, 0.1) is 6.92 Å². The fraction of sp³-hybridized carbons (Fsp3) is 0.0476. The van der Waals surface area contributed by atoms with E-state index in [4.69, 9.17) is 16.0 Å². The number of halogens is 3. The lowest BCUT2D eigenvalue weighted by molar-refractivity contribution is -0.115. The summed E-state index contributed by atoms with van der Waals surface area (Å²) < 4.78 is 7.72. The molecule has 4 nitrogen and oxygen atoms in total. The van der Waals surface area contributed by atoms with Crippen LogP contribution in [0.5, 0.6) is 0 Å². The highest BCUT2D eigenvalue weighted by Crippen LogP contribution is 2.38. The molecule has 1 fully saturated rings. The van der Waals surface area contributed by atoms with Gasteiger partial charge in [0.2, 0.25) is 0 Å². The number of amides is 1. The standard InChI is InChI=1S/C21H13Br2ClN2O2S2/c1-11-8-12(22)2-7-17(11)25-21-26-19(27)18(30-21)10-14-9-16(23)20(28-14)29-15-5-3-13(24)4-6-15/h2-10H,1H3,(H,25,26,27)/b18-10-. The summed E-state index contributed by atoms with van der Waals surface area (Å²) in [6, 6.07) is 15.2. The summed E-state index contributed by atoms with van der Waals surface area (Å²) in [6.07, 6.45) is 1.72. The smallest absolute Gasteiger partial charge is 0.264 e. The Morgan fingerprint density at radius 2 is 1.93 bits per heavy atom. The number of carbonyl (C=O) groups excluding carboxylic acids is 1. The molecule has 1 aromatic heterocycles. The number of furan rings is 1. The highest BCUT2D eigenvalue weighted by molar-refractivity contribution is 9.10. The molecule has 2 heterocycles. The van der Waals surface area contributed by atoms with Crippen LogP contribution in [-0.2, 0) is 4.79 Å². The van der Waals surface area contributed by atoms with Crippen molar-refractivity contribution >= 4 is 89.8 Å². The number of amidine groups is 1. The molecule has 0 spiro atoms. The number of hydrogen-bond donors (Lipinski definition) is 1. The van der Waals surface area contributed by atoms with Crippen molar-refractivity contribution in [2.45, 2.75) is 16.9 Å². The molecule has 1 aliphatic rings. The van der Waals surface area contributed by atoms with Gasteiger partial charge in [-0.05, 0) is 88.7 Å². The number of benzene rings is 2. The molecule has 0 unspecified atom stereocenters. The lowest BCUT2D eigenvalue weighted by Gasteiger charge is -2.01. The zero-order chi connectivity index (χ0) is 21.3. The number of rotatable bonds is 4. The molecule has 152 valence electrons. The van der Waals surface area contributed by atoms with Crippen molar-refractivity contribution in [2.24, 2.45) is 4.99 Å². The van der Waals surface area contributed by atoms with E-state index < -0.39 is 0 Å². The van der Waals surface area contributed by atoms with Crippen LogP contribution in [0.3, 0.4) is 0 Å². The maximum atomic E-state index is 12.4. The SMILES string of the molecule is Cc1cc(Br)ccc1N=C1NC(=O)/C(=C/c2cc(Br)c(Sc3ccc(Cl)cc3)o2)S1. The van der Waals surface area contributed by atoms with E-state index in [0.29, 0.717) is 25.9 Å². The van der Waals surface area contributed by atoms with Gasteiger partial charge in [-0.3, -0.25) is 4.79 Å². The van der Waals surface area contributed by atoms with E-state index in [0.717, 1.165) is 25.1 Å². The second kappa shape index (κ2) is 9.36. The fourth-order valence-electron chi connectivity index (χ4n) is 2.58. The van der Waals surface area contributed by atoms with Gasteiger partial charge in [0.05, 0.1) is 15.1 Å². The summed E-state index contributed by atoms with van der Waals surface area (Å²) >= 11 is 15.7. The predicted octanol–water partition coefficient (Wildman–Crippen LogP) is 7.81. The molecule has 2 aromatic carbocycles. The van der Waals surface area contributed by atoms with Crippen LogP contribution < -0.4 is 5.32 Å². The van der Waals surface area contributed by atoms with Crippen LogP contribution in [0.2, 0.25) is 5.02 Å². The van der Waals surface area contributed by atoms with Crippen LogP contribution in [0.4, 0.5) is 5.69 Å². The first-order valence-corrected chi connectivity index (χ1v) is 12.3. The molecule has 0 aliphatic carbocycles. The summed E-state index contributed by atoms with van der Waals surface area (Å²) in [7, 11) is 0. The van der Waals surface area contributed by atoms with E-state index in [9.17, 15) is 4.79 Å². The van der Waals surface area contributed by atoms with Crippen molar-refractivity contribution in [2.75, 3.05) is 0 Å². The van der Waals surface area contributed by atoms with E-state index in [-0.39, 0.29) is 5.91 Å². The van der Waals surface area contributed by atoms with E-state index in [1.807, 2.05) is 55.5 Å². The van der Waals surface area contributed by atoms with Crippen LogP contribution in [0.25, 0.3) is 6.08 Å². The lowest BCUT2D eigenvalue weighted by Crippen LogP contribution is -2.19. The van der Waals surface area contributed by atoms with E-state index in [2.05, 4.69) is 42.2 Å². The molecule has 1 N–H and O–H groups in total. The van der Waals surface area contributed by atoms with Crippen LogP contribution >= 0.6 is 67.0 Å². The lowest BCUT2D eigenvalue weighted by atomic mass is 10.2. The van der Waals surface area contributed by atoms with Gasteiger partial charge in [-0.2, -0.15) is 0 Å². The van der Waals surface area contributed by atoms with Crippen molar-refractivity contribution in [1.29, 1.82) is 0 Å². The Bertz CT molecular complexity index is 1190. The Labute approximate surface area is 203 Å². The average Bonchev–Trinajstić information content (AvgIpc) is 3.21. The highest BCUT2D eigenvalue weighted by Gasteiger charge is 2.25. The van der Waals surface area contributed by atoms with Gasteiger partial charge in [-0.25, -0.2) is 4.99 Å². The molecule has 3 aromatic rings.